The molecule has 0 saturated heterocycles. The van der Waals surface area contributed by atoms with Crippen LogP contribution in [0.15, 0.2) is 79.0 Å². The van der Waals surface area contributed by atoms with Crippen molar-refractivity contribution in [2.45, 2.75) is 43.9 Å². The summed E-state index contributed by atoms with van der Waals surface area (Å²) in [7, 11) is 0. The lowest BCUT2D eigenvalue weighted by molar-refractivity contribution is -0.190. The Morgan fingerprint density at radius 1 is 0.968 bits per heavy atom. The number of rotatable bonds is 7. The largest absolute Gasteiger partial charge is 0.389 e. The fourth-order valence-electron chi connectivity index (χ4n) is 3.90. The Bertz CT molecular complexity index is 997. The summed E-state index contributed by atoms with van der Waals surface area (Å²) in [6.45, 7) is 0.584. The molecule has 1 aromatic heterocycles. The van der Waals surface area contributed by atoms with Gasteiger partial charge in [0.25, 0.3) is 0 Å². The third-order valence-electron chi connectivity index (χ3n) is 5.63. The second-order valence-electron chi connectivity index (χ2n) is 7.71. The third-order valence-corrected chi connectivity index (χ3v) is 5.85. The molecule has 1 heterocycles. The molecule has 0 unspecified atom stereocenters. The molecule has 1 aliphatic carbocycles. The second kappa shape index (κ2) is 9.71. The Labute approximate surface area is 186 Å². The highest BCUT2D eigenvalue weighted by Gasteiger charge is 2.50. The fraction of sp³-hybridized carbons (Fsp3) is 0.280. The SMILES string of the molecule is O=C1C[C@H](O)[C@@](OCc2ccccc2)(c2ccc(Cl)nc2)C[C@@H]1OCc1ccccc1. The molecule has 3 aromatic rings. The molecule has 0 aliphatic heterocycles. The molecule has 160 valence electrons. The number of aromatic nitrogens is 1. The van der Waals surface area contributed by atoms with Crippen LogP contribution in [0.1, 0.15) is 29.5 Å². The number of carbonyl (C=O) groups is 1. The van der Waals surface area contributed by atoms with Crippen LogP contribution in [0.25, 0.3) is 0 Å². The molecule has 31 heavy (non-hydrogen) atoms. The highest BCUT2D eigenvalue weighted by atomic mass is 35.5. The van der Waals surface area contributed by atoms with E-state index in [-0.39, 0.29) is 25.2 Å². The highest BCUT2D eigenvalue weighted by Crippen LogP contribution is 2.41. The number of hydrogen-bond donors (Lipinski definition) is 1. The molecule has 0 radical (unpaired) electrons. The molecule has 1 fully saturated rings. The number of ether oxygens (including phenoxy) is 2. The van der Waals surface area contributed by atoms with Crippen LogP contribution in [-0.2, 0) is 33.1 Å². The molecule has 5 nitrogen and oxygen atoms in total. The number of ketones is 1. The van der Waals surface area contributed by atoms with E-state index in [1.165, 1.54) is 0 Å². The first kappa shape index (κ1) is 21.7. The lowest BCUT2D eigenvalue weighted by Gasteiger charge is -2.43. The van der Waals surface area contributed by atoms with E-state index in [0.29, 0.717) is 17.3 Å². The Hall–Kier alpha value is -2.57. The second-order valence-corrected chi connectivity index (χ2v) is 8.10. The summed E-state index contributed by atoms with van der Waals surface area (Å²) < 4.78 is 12.4. The molecule has 0 spiro atoms. The van der Waals surface area contributed by atoms with Crippen molar-refractivity contribution in [1.29, 1.82) is 0 Å². The number of Topliss-reactive ketones (excluding diaryl/α,β-unsaturated/α-hetero) is 1. The molecule has 2 aromatic carbocycles. The number of nitrogens with zero attached hydrogens (tertiary/aromatic N) is 1. The van der Waals surface area contributed by atoms with E-state index >= 15 is 0 Å². The molecule has 1 N–H and O–H groups in total. The van der Waals surface area contributed by atoms with Gasteiger partial charge in [0.1, 0.15) is 16.9 Å². The maximum atomic E-state index is 12.7. The van der Waals surface area contributed by atoms with Gasteiger partial charge in [0.2, 0.25) is 0 Å². The Balaban J connectivity index is 1.60. The van der Waals surface area contributed by atoms with Gasteiger partial charge in [-0.15, -0.1) is 0 Å². The van der Waals surface area contributed by atoms with Gasteiger partial charge in [-0.2, -0.15) is 0 Å². The first-order valence-electron chi connectivity index (χ1n) is 10.2. The predicted molar refractivity (Wildman–Crippen MR) is 117 cm³/mol. The van der Waals surface area contributed by atoms with Gasteiger partial charge in [0.05, 0.1) is 19.3 Å². The van der Waals surface area contributed by atoms with E-state index < -0.39 is 17.8 Å². The molecule has 0 amide bonds. The molecule has 4 rings (SSSR count). The number of aliphatic hydroxyl groups excluding tert-OH is 1. The van der Waals surface area contributed by atoms with Crippen LogP contribution in [0.5, 0.6) is 0 Å². The Morgan fingerprint density at radius 2 is 1.61 bits per heavy atom. The molecule has 3 atom stereocenters. The van der Waals surface area contributed by atoms with Crippen molar-refractivity contribution in [2.75, 3.05) is 0 Å². The van der Waals surface area contributed by atoms with Crippen molar-refractivity contribution >= 4 is 17.4 Å². The summed E-state index contributed by atoms with van der Waals surface area (Å²) in [5.41, 5.74) is 1.48. The molecule has 0 bridgehead atoms. The first-order chi connectivity index (χ1) is 15.1. The van der Waals surface area contributed by atoms with E-state index in [1.54, 1.807) is 18.3 Å². The van der Waals surface area contributed by atoms with Crippen LogP contribution in [0, 0.1) is 0 Å². The zero-order valence-electron chi connectivity index (χ0n) is 17.0. The molecule has 6 heteroatoms. The zero-order valence-corrected chi connectivity index (χ0v) is 17.7. The topological polar surface area (TPSA) is 68.7 Å². The van der Waals surface area contributed by atoms with Gasteiger partial charge in [-0.1, -0.05) is 78.3 Å². The van der Waals surface area contributed by atoms with Gasteiger partial charge >= 0.3 is 0 Å². The molecule has 1 aliphatic rings. The average molecular weight is 438 g/mol. The first-order valence-corrected chi connectivity index (χ1v) is 10.6. The van der Waals surface area contributed by atoms with Gasteiger partial charge in [-0.3, -0.25) is 4.79 Å². The van der Waals surface area contributed by atoms with E-state index in [9.17, 15) is 9.90 Å². The third kappa shape index (κ3) is 5.02. The van der Waals surface area contributed by atoms with Crippen LogP contribution in [0.2, 0.25) is 5.15 Å². The molecular formula is C25H24ClNO4. The summed E-state index contributed by atoms with van der Waals surface area (Å²) in [5.74, 6) is -0.135. The van der Waals surface area contributed by atoms with E-state index in [4.69, 9.17) is 21.1 Å². The number of carbonyl (C=O) groups excluding carboxylic acids is 1. The number of benzene rings is 2. The monoisotopic (exact) mass is 437 g/mol. The summed E-state index contributed by atoms with van der Waals surface area (Å²) in [5, 5.41) is 11.4. The van der Waals surface area contributed by atoms with E-state index in [2.05, 4.69) is 4.98 Å². The Morgan fingerprint density at radius 3 is 2.23 bits per heavy atom. The van der Waals surface area contributed by atoms with Crippen LogP contribution in [0.4, 0.5) is 0 Å². The van der Waals surface area contributed by atoms with E-state index in [1.807, 2.05) is 60.7 Å². The lowest BCUT2D eigenvalue weighted by Crippen LogP contribution is -2.52. The van der Waals surface area contributed by atoms with Crippen LogP contribution < -0.4 is 0 Å². The van der Waals surface area contributed by atoms with Crippen LogP contribution in [0.3, 0.4) is 0 Å². The van der Waals surface area contributed by atoms with Gasteiger partial charge in [-0.25, -0.2) is 4.98 Å². The van der Waals surface area contributed by atoms with Gasteiger partial charge in [0, 0.05) is 24.6 Å². The maximum Gasteiger partial charge on any atom is 0.164 e. The summed E-state index contributed by atoms with van der Waals surface area (Å²) in [6, 6.07) is 22.8. The van der Waals surface area contributed by atoms with Crippen LogP contribution in [-0.4, -0.2) is 28.1 Å². The normalized spacial score (nSPS) is 23.6. The average Bonchev–Trinajstić information content (AvgIpc) is 2.80. The maximum absolute atomic E-state index is 12.7. The highest BCUT2D eigenvalue weighted by molar-refractivity contribution is 6.29. The Kier molecular flexibility index (Phi) is 6.78. The van der Waals surface area contributed by atoms with Gasteiger partial charge in [-0.05, 0) is 17.2 Å². The zero-order chi connectivity index (χ0) is 21.7. The minimum Gasteiger partial charge on any atom is -0.389 e. The molecule has 1 saturated carbocycles. The van der Waals surface area contributed by atoms with Crippen molar-refractivity contribution in [2.24, 2.45) is 0 Å². The van der Waals surface area contributed by atoms with Crippen molar-refractivity contribution in [3.05, 3.63) is 101 Å². The molecular weight excluding hydrogens is 414 g/mol. The van der Waals surface area contributed by atoms with Gasteiger partial charge < -0.3 is 14.6 Å². The van der Waals surface area contributed by atoms with Gasteiger partial charge in [0.15, 0.2) is 5.78 Å². The van der Waals surface area contributed by atoms with Crippen molar-refractivity contribution in [3.63, 3.8) is 0 Å². The fourth-order valence-corrected chi connectivity index (χ4v) is 4.01. The minimum atomic E-state index is -1.14. The smallest absolute Gasteiger partial charge is 0.164 e. The van der Waals surface area contributed by atoms with Crippen molar-refractivity contribution < 1.29 is 19.4 Å². The predicted octanol–water partition coefficient (Wildman–Crippen LogP) is 4.46. The number of pyridine rings is 1. The summed E-state index contributed by atoms with van der Waals surface area (Å²) >= 11 is 5.98. The number of aliphatic hydroxyl groups is 1. The lowest BCUT2D eigenvalue weighted by atomic mass is 9.75. The van der Waals surface area contributed by atoms with Crippen LogP contribution >= 0.6 is 11.6 Å². The summed E-state index contributed by atoms with van der Waals surface area (Å²) in [4.78, 5) is 16.9. The van der Waals surface area contributed by atoms with Crippen molar-refractivity contribution in [1.82, 2.24) is 4.98 Å². The summed E-state index contributed by atoms with van der Waals surface area (Å²) in [6.07, 6.45) is 0.00584. The van der Waals surface area contributed by atoms with E-state index in [0.717, 1.165) is 11.1 Å². The van der Waals surface area contributed by atoms with Crippen molar-refractivity contribution in [3.8, 4) is 0 Å². The minimum absolute atomic E-state index is 0.0587. The number of halogens is 1. The quantitative estimate of drug-likeness (QED) is 0.553. The standard InChI is InChI=1S/C25H24ClNO4/c26-24-12-11-20(15-27-24)25(31-17-19-9-5-2-6-10-19)14-22(21(28)13-23(25)29)30-16-18-7-3-1-4-8-18/h1-12,15,22-23,29H,13-14,16-17H2/t22-,23-,25-/m0/s1. The number of hydrogen-bond acceptors (Lipinski definition) is 5.